The van der Waals surface area contributed by atoms with E-state index in [-0.39, 0.29) is 19.4 Å². The molecule has 0 bridgehead atoms. The van der Waals surface area contributed by atoms with Gasteiger partial charge in [0, 0.05) is 18.9 Å². The molecule has 8 N–H and O–H groups in total. The van der Waals surface area contributed by atoms with Crippen molar-refractivity contribution in [2.45, 2.75) is 122 Å². The SMILES string of the molecule is C=CCC(NC(=O)[C@@H]1CCCN1C(=O)[C@@H](NC(=O)[C@@H](NC(=O)[C@H](CCC(=O)O)NC(=O)[C@@H](N)CC(=O)O)C(C)C)C(C)C)C(=O)C(=O)C1CC=CCC1. The second-order valence-electron chi connectivity index (χ2n) is 14.1. The lowest BCUT2D eigenvalue weighted by molar-refractivity contribution is -0.144. The molecule has 0 aromatic carbocycles. The largest absolute Gasteiger partial charge is 0.481 e. The highest BCUT2D eigenvalue weighted by Crippen LogP contribution is 2.23. The molecule has 7 atom stereocenters. The summed E-state index contributed by atoms with van der Waals surface area (Å²) in [6.45, 7) is 10.4. The van der Waals surface area contributed by atoms with Crippen molar-refractivity contribution in [3.63, 3.8) is 0 Å². The average molecular weight is 747 g/mol. The summed E-state index contributed by atoms with van der Waals surface area (Å²) < 4.78 is 0. The third-order valence-electron chi connectivity index (χ3n) is 9.25. The van der Waals surface area contributed by atoms with E-state index in [0.29, 0.717) is 25.7 Å². The lowest BCUT2D eigenvalue weighted by atomic mass is 9.86. The van der Waals surface area contributed by atoms with Crippen LogP contribution in [0.1, 0.15) is 85.5 Å². The van der Waals surface area contributed by atoms with E-state index in [2.05, 4.69) is 27.8 Å². The van der Waals surface area contributed by atoms with Crippen LogP contribution < -0.4 is 27.0 Å². The number of carboxylic acid groups (broad SMARTS) is 2. The number of amides is 5. The van der Waals surface area contributed by atoms with Gasteiger partial charge in [0.05, 0.1) is 18.5 Å². The summed E-state index contributed by atoms with van der Waals surface area (Å²) in [7, 11) is 0. The topological polar surface area (TPSA) is 271 Å². The molecule has 0 aromatic rings. The van der Waals surface area contributed by atoms with Crippen LogP contribution in [0.15, 0.2) is 24.8 Å². The van der Waals surface area contributed by atoms with Gasteiger partial charge in [-0.15, -0.1) is 6.58 Å². The van der Waals surface area contributed by atoms with Crippen LogP contribution in [-0.4, -0.2) is 111 Å². The van der Waals surface area contributed by atoms with Crippen molar-refractivity contribution in [2.75, 3.05) is 6.54 Å². The molecule has 2 rings (SSSR count). The number of rotatable bonds is 21. The van der Waals surface area contributed by atoms with Crippen LogP contribution in [0.4, 0.5) is 0 Å². The Morgan fingerprint density at radius 2 is 1.47 bits per heavy atom. The fourth-order valence-electron chi connectivity index (χ4n) is 6.19. The van der Waals surface area contributed by atoms with Crippen LogP contribution in [0.5, 0.6) is 0 Å². The molecule has 2 aliphatic rings. The smallest absolute Gasteiger partial charge is 0.305 e. The van der Waals surface area contributed by atoms with Gasteiger partial charge in [-0.1, -0.05) is 45.9 Å². The standard InChI is InChI=1S/C36H54N6O11/c1-6-11-23(31(48)30(47)21-12-8-7-9-13-21)38-34(51)25-14-10-17-42(25)36(53)29(20(4)5)41-35(52)28(19(2)3)40-33(50)24(15-16-26(43)44)39-32(49)22(37)18-27(45)46/h6-8,19-25,28-29H,1,9-18,37H2,2-5H3,(H,38,51)(H,39,49)(H,40,50)(H,41,52)(H,43,44)(H,45,46)/t21?,22-,23?,24-,25-,28-,29-/m0/s1. The molecule has 53 heavy (non-hydrogen) atoms. The number of nitrogens with zero attached hydrogens (tertiary/aromatic N) is 1. The van der Waals surface area contributed by atoms with Crippen LogP contribution in [-0.2, 0) is 43.2 Å². The van der Waals surface area contributed by atoms with E-state index in [1.165, 1.54) is 11.0 Å². The highest BCUT2D eigenvalue weighted by Gasteiger charge is 2.41. The number of allylic oxidation sites excluding steroid dienone is 2. The normalized spacial score (nSPS) is 19.6. The first kappa shape index (κ1) is 44.2. The maximum Gasteiger partial charge on any atom is 0.305 e. The zero-order valence-corrected chi connectivity index (χ0v) is 30.8. The van der Waals surface area contributed by atoms with Gasteiger partial charge in [-0.3, -0.25) is 43.2 Å². The maximum atomic E-state index is 14.0. The lowest BCUT2D eigenvalue weighted by Crippen LogP contribution is -2.61. The minimum absolute atomic E-state index is 0.0164. The van der Waals surface area contributed by atoms with Gasteiger partial charge in [-0.05, 0) is 56.8 Å². The molecule has 0 saturated carbocycles. The lowest BCUT2D eigenvalue weighted by Gasteiger charge is -2.33. The van der Waals surface area contributed by atoms with E-state index in [1.807, 2.05) is 12.2 Å². The van der Waals surface area contributed by atoms with Gasteiger partial charge in [0.25, 0.3) is 0 Å². The molecule has 5 amide bonds. The summed E-state index contributed by atoms with van der Waals surface area (Å²) in [6, 6.07) is -7.57. The third-order valence-corrected chi connectivity index (χ3v) is 9.25. The van der Waals surface area contributed by atoms with Crippen molar-refractivity contribution in [3.8, 4) is 0 Å². The second-order valence-corrected chi connectivity index (χ2v) is 14.1. The van der Waals surface area contributed by atoms with Gasteiger partial charge in [0.2, 0.25) is 41.1 Å². The van der Waals surface area contributed by atoms with Crippen LogP contribution >= 0.6 is 0 Å². The first-order valence-corrected chi connectivity index (χ1v) is 17.9. The van der Waals surface area contributed by atoms with Crippen molar-refractivity contribution in [2.24, 2.45) is 23.5 Å². The fourth-order valence-corrected chi connectivity index (χ4v) is 6.19. The van der Waals surface area contributed by atoms with Crippen molar-refractivity contribution in [1.82, 2.24) is 26.2 Å². The van der Waals surface area contributed by atoms with Gasteiger partial charge >= 0.3 is 11.9 Å². The number of ketones is 2. The molecule has 17 nitrogen and oxygen atoms in total. The van der Waals surface area contributed by atoms with E-state index in [0.717, 1.165) is 0 Å². The van der Waals surface area contributed by atoms with Gasteiger partial charge in [-0.25, -0.2) is 0 Å². The van der Waals surface area contributed by atoms with Crippen molar-refractivity contribution >= 4 is 53.0 Å². The Morgan fingerprint density at radius 1 is 0.830 bits per heavy atom. The molecule has 0 aromatic heterocycles. The number of hydrogen-bond acceptors (Lipinski definition) is 10. The number of nitrogens with two attached hydrogens (primary N) is 1. The van der Waals surface area contributed by atoms with E-state index >= 15 is 0 Å². The van der Waals surface area contributed by atoms with Crippen LogP contribution in [0, 0.1) is 17.8 Å². The van der Waals surface area contributed by atoms with E-state index in [9.17, 15) is 43.2 Å². The minimum Gasteiger partial charge on any atom is -0.481 e. The number of likely N-dealkylation sites (tertiary alicyclic amines) is 1. The Hall–Kier alpha value is -4.93. The molecular weight excluding hydrogens is 692 g/mol. The number of Topliss-reactive ketones (excluding diaryl/α,β-unsaturated/α-hetero) is 2. The van der Waals surface area contributed by atoms with E-state index in [4.69, 9.17) is 15.9 Å². The Balaban J connectivity index is 2.20. The number of nitrogens with one attached hydrogen (secondary N) is 4. The van der Waals surface area contributed by atoms with Crippen molar-refractivity contribution < 1.29 is 53.4 Å². The molecule has 1 aliphatic heterocycles. The van der Waals surface area contributed by atoms with Crippen LogP contribution in [0.3, 0.4) is 0 Å². The molecule has 294 valence electrons. The number of carbonyl (C=O) groups is 9. The highest BCUT2D eigenvalue weighted by molar-refractivity contribution is 6.40. The summed E-state index contributed by atoms with van der Waals surface area (Å²) >= 11 is 0. The first-order valence-electron chi connectivity index (χ1n) is 17.9. The maximum absolute atomic E-state index is 14.0. The molecular formula is C36H54N6O11. The zero-order chi connectivity index (χ0) is 40.0. The fraction of sp³-hybridized carbons (Fsp3) is 0.639. The average Bonchev–Trinajstić information content (AvgIpc) is 3.60. The quantitative estimate of drug-likeness (QED) is 0.0603. The Bertz CT molecular complexity index is 1440. The number of carboxylic acids is 2. The Kier molecular flexibility index (Phi) is 17.5. The number of aliphatic carboxylic acids is 2. The Morgan fingerprint density at radius 3 is 2.02 bits per heavy atom. The van der Waals surface area contributed by atoms with E-state index in [1.54, 1.807) is 27.7 Å². The zero-order valence-electron chi connectivity index (χ0n) is 30.8. The summed E-state index contributed by atoms with van der Waals surface area (Å²) in [6.07, 6.45) is 5.95. The number of hydrogen-bond donors (Lipinski definition) is 7. The molecule has 2 unspecified atom stereocenters. The molecule has 1 aliphatic carbocycles. The highest BCUT2D eigenvalue weighted by atomic mass is 16.4. The van der Waals surface area contributed by atoms with E-state index < -0.39 is 126 Å². The predicted molar refractivity (Wildman–Crippen MR) is 191 cm³/mol. The third kappa shape index (κ3) is 13.2. The first-order chi connectivity index (χ1) is 24.9. The number of carbonyl (C=O) groups excluding carboxylic acids is 7. The summed E-state index contributed by atoms with van der Waals surface area (Å²) in [5.74, 6) is -9.34. The van der Waals surface area contributed by atoms with Gasteiger partial charge in [0.1, 0.15) is 24.2 Å². The minimum atomic E-state index is -1.53. The molecule has 0 radical (unpaired) electrons. The van der Waals surface area contributed by atoms with Gasteiger partial charge < -0.3 is 42.1 Å². The predicted octanol–water partition coefficient (Wildman–Crippen LogP) is -0.0340. The van der Waals surface area contributed by atoms with Gasteiger partial charge in [-0.2, -0.15) is 0 Å². The molecule has 1 saturated heterocycles. The van der Waals surface area contributed by atoms with Crippen molar-refractivity contribution in [3.05, 3.63) is 24.8 Å². The van der Waals surface area contributed by atoms with Crippen molar-refractivity contribution in [1.29, 1.82) is 0 Å². The Labute approximate surface area is 308 Å². The molecule has 17 heteroatoms. The van der Waals surface area contributed by atoms with Crippen LogP contribution in [0.25, 0.3) is 0 Å². The second kappa shape index (κ2) is 20.9. The summed E-state index contributed by atoms with van der Waals surface area (Å²) in [4.78, 5) is 117. The molecule has 0 spiro atoms. The van der Waals surface area contributed by atoms with Crippen LogP contribution in [0.2, 0.25) is 0 Å². The summed E-state index contributed by atoms with van der Waals surface area (Å²) in [5.41, 5.74) is 5.60. The summed E-state index contributed by atoms with van der Waals surface area (Å²) in [5, 5.41) is 28.2. The molecule has 1 fully saturated rings. The molecule has 1 heterocycles. The monoisotopic (exact) mass is 746 g/mol. The van der Waals surface area contributed by atoms with Gasteiger partial charge in [0.15, 0.2) is 0 Å².